The van der Waals surface area contributed by atoms with Crippen molar-refractivity contribution in [3.05, 3.63) is 0 Å². The zero-order valence-electron chi connectivity index (χ0n) is 11.2. The van der Waals surface area contributed by atoms with Crippen LogP contribution in [0.4, 0.5) is 0 Å². The maximum absolute atomic E-state index is 12.0. The third-order valence-corrected chi connectivity index (χ3v) is 6.02. The van der Waals surface area contributed by atoms with Crippen LogP contribution in [0.25, 0.3) is 0 Å². The molecule has 2 aliphatic rings. The molecular formula is C13H22O4S2. The van der Waals surface area contributed by atoms with Crippen LogP contribution in [0, 0.1) is 11.8 Å². The van der Waals surface area contributed by atoms with Gasteiger partial charge in [-0.05, 0) is 12.2 Å². The van der Waals surface area contributed by atoms with E-state index in [-0.39, 0.29) is 30.5 Å². The molecule has 110 valence electrons. The summed E-state index contributed by atoms with van der Waals surface area (Å²) < 4.78 is 10.6. The Balaban J connectivity index is 1.97. The van der Waals surface area contributed by atoms with Crippen molar-refractivity contribution in [2.24, 2.45) is 11.8 Å². The van der Waals surface area contributed by atoms with E-state index in [1.165, 1.54) is 0 Å². The van der Waals surface area contributed by atoms with Gasteiger partial charge < -0.3 is 14.6 Å². The maximum atomic E-state index is 12.0. The number of aliphatic hydroxyl groups is 1. The van der Waals surface area contributed by atoms with Gasteiger partial charge in [0.2, 0.25) is 0 Å². The molecule has 2 rings (SSSR count). The summed E-state index contributed by atoms with van der Waals surface area (Å²) in [5, 5.41) is 10.6. The summed E-state index contributed by atoms with van der Waals surface area (Å²) in [5.41, 5.74) is 0. The van der Waals surface area contributed by atoms with Crippen LogP contribution in [-0.4, -0.2) is 60.0 Å². The van der Waals surface area contributed by atoms with Crippen molar-refractivity contribution in [2.75, 3.05) is 36.9 Å². The second-order valence-corrected chi connectivity index (χ2v) is 7.33. The Morgan fingerprint density at radius 3 is 2.89 bits per heavy atom. The molecule has 2 heterocycles. The van der Waals surface area contributed by atoms with Crippen molar-refractivity contribution in [2.45, 2.75) is 25.0 Å². The predicted octanol–water partition coefficient (Wildman–Crippen LogP) is 1.41. The number of methoxy groups -OCH3 is 1. The minimum Gasteiger partial charge on any atom is -0.392 e. The van der Waals surface area contributed by atoms with Crippen LogP contribution in [0.3, 0.4) is 0 Å². The van der Waals surface area contributed by atoms with E-state index in [1.54, 1.807) is 18.9 Å². The smallest absolute Gasteiger partial charge is 0.146 e. The molecule has 2 aliphatic heterocycles. The summed E-state index contributed by atoms with van der Waals surface area (Å²) in [5.74, 6) is 3.60. The zero-order valence-corrected chi connectivity index (χ0v) is 12.9. The number of carbonyl (C=O) groups is 1. The van der Waals surface area contributed by atoms with Crippen molar-refractivity contribution < 1.29 is 19.4 Å². The highest BCUT2D eigenvalue weighted by atomic mass is 32.2. The Morgan fingerprint density at radius 1 is 1.37 bits per heavy atom. The number of hydrogen-bond acceptors (Lipinski definition) is 6. The lowest BCUT2D eigenvalue weighted by atomic mass is 9.84. The first-order valence-corrected chi connectivity index (χ1v) is 9.01. The number of rotatable bonds is 5. The molecule has 0 spiro atoms. The molecule has 4 nitrogen and oxygen atoms in total. The second-order valence-electron chi connectivity index (χ2n) is 5.03. The largest absolute Gasteiger partial charge is 0.392 e. The van der Waals surface area contributed by atoms with E-state index in [9.17, 15) is 9.90 Å². The molecule has 0 radical (unpaired) electrons. The standard InChI is InChI=1S/C13H22O4S2/c1-16-8-17-12-3-5-19-7-10(12)13(15)9-6-18-4-2-11(9)14/h9-10,12-13,15H,2-8H2,1H3/t9-,10-,12-,13-/m1/s1. The number of Topliss-reactive ketones (excluding diaryl/α,β-unsaturated/α-hetero) is 1. The second kappa shape index (κ2) is 7.88. The van der Waals surface area contributed by atoms with Gasteiger partial charge in [-0.2, -0.15) is 23.5 Å². The molecule has 2 fully saturated rings. The predicted molar refractivity (Wildman–Crippen MR) is 78.6 cm³/mol. The molecule has 0 unspecified atom stereocenters. The van der Waals surface area contributed by atoms with Gasteiger partial charge in [-0.3, -0.25) is 4.79 Å². The molecule has 2 saturated heterocycles. The molecule has 0 bridgehead atoms. The average Bonchev–Trinajstić information content (AvgIpc) is 2.45. The fourth-order valence-electron chi connectivity index (χ4n) is 2.67. The van der Waals surface area contributed by atoms with Crippen molar-refractivity contribution in [1.82, 2.24) is 0 Å². The van der Waals surface area contributed by atoms with Crippen molar-refractivity contribution in [3.8, 4) is 0 Å². The molecule has 0 amide bonds. The lowest BCUT2D eigenvalue weighted by Gasteiger charge is -2.37. The lowest BCUT2D eigenvalue weighted by Crippen LogP contribution is -2.46. The lowest BCUT2D eigenvalue weighted by molar-refractivity contribution is -0.133. The van der Waals surface area contributed by atoms with Gasteiger partial charge in [0.25, 0.3) is 0 Å². The van der Waals surface area contributed by atoms with Gasteiger partial charge in [0.05, 0.1) is 18.1 Å². The van der Waals surface area contributed by atoms with Crippen LogP contribution in [0.1, 0.15) is 12.8 Å². The van der Waals surface area contributed by atoms with Gasteiger partial charge in [-0.25, -0.2) is 0 Å². The summed E-state index contributed by atoms with van der Waals surface area (Å²) in [4.78, 5) is 12.0. The highest BCUT2D eigenvalue weighted by molar-refractivity contribution is 7.99. The normalized spacial score (nSPS) is 34.2. The summed E-state index contributed by atoms with van der Waals surface area (Å²) in [7, 11) is 1.60. The average molecular weight is 306 g/mol. The highest BCUT2D eigenvalue weighted by Crippen LogP contribution is 2.34. The molecule has 4 atom stereocenters. The number of ether oxygens (including phenoxy) is 2. The van der Waals surface area contributed by atoms with E-state index in [0.29, 0.717) is 6.42 Å². The zero-order chi connectivity index (χ0) is 13.7. The summed E-state index contributed by atoms with van der Waals surface area (Å²) in [6.45, 7) is 0.256. The summed E-state index contributed by atoms with van der Waals surface area (Å²) in [6, 6.07) is 0. The molecule has 0 aromatic carbocycles. The molecular weight excluding hydrogens is 284 g/mol. The van der Waals surface area contributed by atoms with Crippen LogP contribution in [0.5, 0.6) is 0 Å². The van der Waals surface area contributed by atoms with Gasteiger partial charge in [-0.1, -0.05) is 0 Å². The fraction of sp³-hybridized carbons (Fsp3) is 0.923. The monoisotopic (exact) mass is 306 g/mol. The number of ketones is 1. The first kappa shape index (κ1) is 15.6. The van der Waals surface area contributed by atoms with E-state index >= 15 is 0 Å². The summed E-state index contributed by atoms with van der Waals surface area (Å²) in [6.07, 6.45) is 0.950. The molecule has 19 heavy (non-hydrogen) atoms. The van der Waals surface area contributed by atoms with Gasteiger partial charge in [0.15, 0.2) is 0 Å². The number of hydrogen-bond donors (Lipinski definition) is 1. The van der Waals surface area contributed by atoms with Gasteiger partial charge in [-0.15, -0.1) is 0 Å². The quantitative estimate of drug-likeness (QED) is 0.775. The minimum atomic E-state index is -0.574. The Labute approximate surface area is 123 Å². The van der Waals surface area contributed by atoms with Crippen molar-refractivity contribution >= 4 is 29.3 Å². The number of thioether (sulfide) groups is 2. The number of aliphatic hydroxyl groups excluding tert-OH is 1. The van der Waals surface area contributed by atoms with Crippen LogP contribution >= 0.6 is 23.5 Å². The van der Waals surface area contributed by atoms with E-state index < -0.39 is 6.10 Å². The topological polar surface area (TPSA) is 55.8 Å². The van der Waals surface area contributed by atoms with Crippen LogP contribution in [0.2, 0.25) is 0 Å². The summed E-state index contributed by atoms with van der Waals surface area (Å²) >= 11 is 3.60. The van der Waals surface area contributed by atoms with Crippen LogP contribution < -0.4 is 0 Å². The van der Waals surface area contributed by atoms with Gasteiger partial charge in [0.1, 0.15) is 12.6 Å². The Bertz CT molecular complexity index is 300. The van der Waals surface area contributed by atoms with Gasteiger partial charge >= 0.3 is 0 Å². The van der Waals surface area contributed by atoms with Crippen LogP contribution in [0.15, 0.2) is 0 Å². The first-order valence-electron chi connectivity index (χ1n) is 6.71. The molecule has 0 saturated carbocycles. The third-order valence-electron chi connectivity index (χ3n) is 3.79. The Kier molecular flexibility index (Phi) is 6.49. The molecule has 0 aliphatic carbocycles. The van der Waals surface area contributed by atoms with Crippen molar-refractivity contribution in [3.63, 3.8) is 0 Å². The number of carbonyl (C=O) groups excluding carboxylic acids is 1. The Morgan fingerprint density at radius 2 is 2.16 bits per heavy atom. The van der Waals surface area contributed by atoms with E-state index in [4.69, 9.17) is 9.47 Å². The molecule has 1 N–H and O–H groups in total. The Hall–Kier alpha value is 0.250. The van der Waals surface area contributed by atoms with Crippen molar-refractivity contribution in [1.29, 1.82) is 0 Å². The first-order chi connectivity index (χ1) is 9.24. The highest BCUT2D eigenvalue weighted by Gasteiger charge is 2.39. The van der Waals surface area contributed by atoms with E-state index in [0.717, 1.165) is 29.4 Å². The maximum Gasteiger partial charge on any atom is 0.146 e. The third kappa shape index (κ3) is 4.11. The molecule has 6 heteroatoms. The van der Waals surface area contributed by atoms with Gasteiger partial charge in [0, 0.05) is 36.7 Å². The minimum absolute atomic E-state index is 0.0101. The SMILES string of the molecule is COCO[C@@H]1CCSC[C@H]1[C@H](O)[C@@H]1CSCCC1=O. The fourth-order valence-corrected chi connectivity index (χ4v) is 5.07. The van der Waals surface area contributed by atoms with E-state index in [2.05, 4.69) is 0 Å². The van der Waals surface area contributed by atoms with Crippen LogP contribution in [-0.2, 0) is 14.3 Å². The molecule has 0 aromatic heterocycles. The molecule has 0 aromatic rings. The van der Waals surface area contributed by atoms with E-state index in [1.807, 2.05) is 11.8 Å².